The van der Waals surface area contributed by atoms with Gasteiger partial charge < -0.3 is 15.2 Å². The van der Waals surface area contributed by atoms with Gasteiger partial charge in [0, 0.05) is 0 Å². The largest absolute Gasteiger partial charge is 0.480 e. The van der Waals surface area contributed by atoms with E-state index < -0.39 is 18.5 Å². The molecular formula is C13H14N2O4. The number of aliphatic carboxylic acids is 1. The molecular weight excluding hydrogens is 248 g/mol. The van der Waals surface area contributed by atoms with E-state index >= 15 is 0 Å². The molecule has 6 nitrogen and oxygen atoms in total. The zero-order valence-corrected chi connectivity index (χ0v) is 10.4. The second kappa shape index (κ2) is 7.13. The minimum Gasteiger partial charge on any atom is -0.480 e. The van der Waals surface area contributed by atoms with Crippen LogP contribution in [0.5, 0.6) is 0 Å². The molecule has 100 valence electrons. The molecule has 0 saturated carbocycles. The van der Waals surface area contributed by atoms with Gasteiger partial charge in [-0.3, -0.25) is 4.79 Å². The van der Waals surface area contributed by atoms with Gasteiger partial charge in [-0.15, -0.1) is 0 Å². The van der Waals surface area contributed by atoms with Crippen LogP contribution < -0.4 is 5.32 Å². The van der Waals surface area contributed by atoms with Gasteiger partial charge in [0.2, 0.25) is 5.91 Å². The monoisotopic (exact) mass is 262 g/mol. The lowest BCUT2D eigenvalue weighted by Crippen LogP contribution is -2.30. The molecule has 0 bridgehead atoms. The van der Waals surface area contributed by atoms with Crippen LogP contribution in [0.2, 0.25) is 0 Å². The van der Waals surface area contributed by atoms with Gasteiger partial charge >= 0.3 is 5.97 Å². The summed E-state index contributed by atoms with van der Waals surface area (Å²) in [6.07, 6.45) is 0. The number of nitrogens with zero attached hydrogens (tertiary/aromatic N) is 1. The van der Waals surface area contributed by atoms with Gasteiger partial charge in [-0.05, 0) is 24.6 Å². The fourth-order valence-electron chi connectivity index (χ4n) is 1.44. The summed E-state index contributed by atoms with van der Waals surface area (Å²) in [6, 6.07) is 8.60. The van der Waals surface area contributed by atoms with Crippen LogP contribution in [0.4, 0.5) is 0 Å². The van der Waals surface area contributed by atoms with E-state index in [0.717, 1.165) is 5.56 Å². The third-order valence-electron chi connectivity index (χ3n) is 2.38. The van der Waals surface area contributed by atoms with Crippen LogP contribution in [0.25, 0.3) is 0 Å². The molecule has 2 N–H and O–H groups in total. The normalized spacial score (nSPS) is 11.4. The third-order valence-corrected chi connectivity index (χ3v) is 2.38. The maximum absolute atomic E-state index is 11.4. The first-order valence-electron chi connectivity index (χ1n) is 5.62. The minimum absolute atomic E-state index is 0.242. The molecule has 1 amide bonds. The molecule has 1 aromatic carbocycles. The predicted molar refractivity (Wildman–Crippen MR) is 66.2 cm³/mol. The number of hydrogen-bond acceptors (Lipinski definition) is 4. The van der Waals surface area contributed by atoms with E-state index in [4.69, 9.17) is 10.4 Å². The third kappa shape index (κ3) is 5.19. The summed E-state index contributed by atoms with van der Waals surface area (Å²) in [7, 11) is 0. The topological polar surface area (TPSA) is 99.4 Å². The first-order valence-corrected chi connectivity index (χ1v) is 5.62. The predicted octanol–water partition coefficient (Wildman–Crippen LogP) is 0.837. The summed E-state index contributed by atoms with van der Waals surface area (Å²) < 4.78 is 4.68. The van der Waals surface area contributed by atoms with Gasteiger partial charge in [-0.25, -0.2) is 4.79 Å². The molecule has 0 aliphatic rings. The molecule has 0 heterocycles. The van der Waals surface area contributed by atoms with Crippen LogP contribution in [-0.2, 0) is 14.3 Å². The summed E-state index contributed by atoms with van der Waals surface area (Å²) in [5, 5.41) is 19.7. The molecule has 0 radical (unpaired) electrons. The Labute approximate surface area is 110 Å². The molecule has 0 aliphatic heterocycles. The molecule has 1 atom stereocenters. The van der Waals surface area contributed by atoms with E-state index in [-0.39, 0.29) is 12.6 Å². The van der Waals surface area contributed by atoms with Crippen molar-refractivity contribution in [2.75, 3.05) is 13.2 Å². The standard InChI is InChI=1S/C13H14N2O4/c1-9(11-4-2-10(6-14)3-5-11)15-12(16)7-19-8-13(17)18/h2-5,9H,7-8H2,1H3,(H,15,16)(H,17,18). The van der Waals surface area contributed by atoms with E-state index in [9.17, 15) is 9.59 Å². The van der Waals surface area contributed by atoms with E-state index in [1.54, 1.807) is 31.2 Å². The molecule has 0 aromatic heterocycles. The van der Waals surface area contributed by atoms with E-state index in [2.05, 4.69) is 10.1 Å². The van der Waals surface area contributed by atoms with Crippen LogP contribution in [0.15, 0.2) is 24.3 Å². The summed E-state index contributed by atoms with van der Waals surface area (Å²) in [6.45, 7) is 0.988. The summed E-state index contributed by atoms with van der Waals surface area (Å²) in [4.78, 5) is 21.7. The maximum atomic E-state index is 11.4. The van der Waals surface area contributed by atoms with Crippen molar-refractivity contribution in [3.63, 3.8) is 0 Å². The summed E-state index contributed by atoms with van der Waals surface area (Å²) >= 11 is 0. The molecule has 6 heteroatoms. The lowest BCUT2D eigenvalue weighted by atomic mass is 10.1. The van der Waals surface area contributed by atoms with Gasteiger partial charge in [0.25, 0.3) is 0 Å². The van der Waals surface area contributed by atoms with Crippen molar-refractivity contribution in [1.29, 1.82) is 5.26 Å². The Morgan fingerprint density at radius 3 is 2.53 bits per heavy atom. The van der Waals surface area contributed by atoms with Crippen LogP contribution in [0, 0.1) is 11.3 Å². The van der Waals surface area contributed by atoms with Crippen molar-refractivity contribution in [2.24, 2.45) is 0 Å². The maximum Gasteiger partial charge on any atom is 0.329 e. The van der Waals surface area contributed by atoms with Crippen molar-refractivity contribution in [3.05, 3.63) is 35.4 Å². The quantitative estimate of drug-likeness (QED) is 0.791. The first kappa shape index (κ1) is 14.7. The smallest absolute Gasteiger partial charge is 0.329 e. The van der Waals surface area contributed by atoms with E-state index in [0.29, 0.717) is 5.56 Å². The van der Waals surface area contributed by atoms with Gasteiger partial charge in [-0.1, -0.05) is 12.1 Å². The number of carbonyl (C=O) groups excluding carboxylic acids is 1. The zero-order chi connectivity index (χ0) is 14.3. The Morgan fingerprint density at radius 2 is 2.00 bits per heavy atom. The van der Waals surface area contributed by atoms with Gasteiger partial charge in [0.05, 0.1) is 17.7 Å². The van der Waals surface area contributed by atoms with Crippen LogP contribution in [0.3, 0.4) is 0 Å². The Kier molecular flexibility index (Phi) is 5.51. The lowest BCUT2D eigenvalue weighted by Gasteiger charge is -2.14. The highest BCUT2D eigenvalue weighted by Gasteiger charge is 2.10. The highest BCUT2D eigenvalue weighted by molar-refractivity contribution is 5.78. The first-order chi connectivity index (χ1) is 9.02. The van der Waals surface area contributed by atoms with Crippen molar-refractivity contribution in [3.8, 4) is 6.07 Å². The Balaban J connectivity index is 2.45. The van der Waals surface area contributed by atoms with E-state index in [1.807, 2.05) is 6.07 Å². The van der Waals surface area contributed by atoms with Crippen molar-refractivity contribution in [1.82, 2.24) is 5.32 Å². The number of amides is 1. The van der Waals surface area contributed by atoms with Gasteiger partial charge in [-0.2, -0.15) is 5.26 Å². The second-order valence-electron chi connectivity index (χ2n) is 3.91. The second-order valence-corrected chi connectivity index (χ2v) is 3.91. The zero-order valence-electron chi connectivity index (χ0n) is 10.4. The number of nitriles is 1. The number of hydrogen-bond donors (Lipinski definition) is 2. The van der Waals surface area contributed by atoms with Crippen molar-refractivity contribution in [2.45, 2.75) is 13.0 Å². The number of benzene rings is 1. The van der Waals surface area contributed by atoms with Crippen LogP contribution >= 0.6 is 0 Å². The van der Waals surface area contributed by atoms with Crippen LogP contribution in [-0.4, -0.2) is 30.2 Å². The van der Waals surface area contributed by atoms with E-state index in [1.165, 1.54) is 0 Å². The summed E-state index contributed by atoms with van der Waals surface area (Å²) in [5.41, 5.74) is 1.40. The van der Waals surface area contributed by atoms with Gasteiger partial charge in [0.15, 0.2) is 0 Å². The Hall–Kier alpha value is -2.39. The average Bonchev–Trinajstić information content (AvgIpc) is 2.38. The fourth-order valence-corrected chi connectivity index (χ4v) is 1.44. The summed E-state index contributed by atoms with van der Waals surface area (Å²) in [5.74, 6) is -1.51. The highest BCUT2D eigenvalue weighted by atomic mass is 16.5. The Bertz CT molecular complexity index is 490. The molecule has 1 aromatic rings. The SMILES string of the molecule is CC(NC(=O)COCC(=O)O)c1ccc(C#N)cc1. The number of rotatable bonds is 6. The van der Waals surface area contributed by atoms with Crippen LogP contribution in [0.1, 0.15) is 24.1 Å². The van der Waals surface area contributed by atoms with Crippen molar-refractivity contribution < 1.29 is 19.4 Å². The average molecular weight is 262 g/mol. The molecule has 1 rings (SSSR count). The molecule has 0 aliphatic carbocycles. The number of carboxylic acid groups (broad SMARTS) is 1. The lowest BCUT2D eigenvalue weighted by molar-refractivity contribution is -0.143. The number of ether oxygens (including phenoxy) is 1. The molecule has 1 unspecified atom stereocenters. The highest BCUT2D eigenvalue weighted by Crippen LogP contribution is 2.12. The Morgan fingerprint density at radius 1 is 1.37 bits per heavy atom. The molecule has 19 heavy (non-hydrogen) atoms. The number of nitrogens with one attached hydrogen (secondary N) is 1. The molecule has 0 spiro atoms. The minimum atomic E-state index is -1.12. The number of carbonyl (C=O) groups is 2. The molecule has 0 fully saturated rings. The fraction of sp³-hybridized carbons (Fsp3) is 0.308. The number of carboxylic acids is 1. The van der Waals surface area contributed by atoms with Gasteiger partial charge in [0.1, 0.15) is 13.2 Å². The van der Waals surface area contributed by atoms with Crippen molar-refractivity contribution >= 4 is 11.9 Å². The molecule has 0 saturated heterocycles.